The van der Waals surface area contributed by atoms with Crippen LogP contribution < -0.4 is 5.73 Å². The highest BCUT2D eigenvalue weighted by molar-refractivity contribution is 5.95. The molecule has 4 N–H and O–H groups in total. The maximum atomic E-state index is 11.2. The van der Waals surface area contributed by atoms with Gasteiger partial charge in [-0.3, -0.25) is 0 Å². The minimum Gasteiger partial charge on any atom is -0.465 e. The van der Waals surface area contributed by atoms with Crippen LogP contribution in [0.4, 0.5) is 5.69 Å². The van der Waals surface area contributed by atoms with Gasteiger partial charge in [-0.05, 0) is 17.7 Å². The summed E-state index contributed by atoms with van der Waals surface area (Å²) in [4.78, 5) is 11.2. The molecule has 1 rings (SSSR count). The van der Waals surface area contributed by atoms with Crippen molar-refractivity contribution in [3.63, 3.8) is 0 Å². The summed E-state index contributed by atoms with van der Waals surface area (Å²) in [5, 5.41) is 27.2. The molecule has 6 nitrogen and oxygen atoms in total. The highest BCUT2D eigenvalue weighted by Gasteiger charge is 2.19. The van der Waals surface area contributed by atoms with Crippen LogP contribution >= 0.6 is 0 Å². The predicted molar refractivity (Wildman–Crippen MR) is 58.8 cm³/mol. The number of aliphatic hydroxyl groups excluding tert-OH is 2. The average molecular weight is 236 g/mol. The number of nitriles is 1. The normalized spacial score (nSPS) is 13.5. The molecule has 0 aliphatic heterocycles. The summed E-state index contributed by atoms with van der Waals surface area (Å²) in [6.45, 7) is 0. The van der Waals surface area contributed by atoms with E-state index in [4.69, 9.17) is 16.1 Å². The summed E-state index contributed by atoms with van der Waals surface area (Å²) in [6.07, 6.45) is -2.91. The van der Waals surface area contributed by atoms with E-state index in [2.05, 4.69) is 4.74 Å². The first-order valence-corrected chi connectivity index (χ1v) is 4.74. The molecule has 6 heteroatoms. The number of nitrogens with zero attached hydrogens (tertiary/aromatic N) is 1. The van der Waals surface area contributed by atoms with Crippen molar-refractivity contribution in [3.05, 3.63) is 29.3 Å². The highest BCUT2D eigenvalue weighted by atomic mass is 16.5. The number of benzene rings is 1. The van der Waals surface area contributed by atoms with E-state index in [1.165, 1.54) is 31.4 Å². The quantitative estimate of drug-likeness (QED) is 0.385. The number of rotatable bonds is 3. The van der Waals surface area contributed by atoms with E-state index in [9.17, 15) is 9.90 Å². The van der Waals surface area contributed by atoms with Crippen LogP contribution in [0.3, 0.4) is 0 Å². The molecule has 0 fully saturated rings. The number of nitrogens with two attached hydrogens (primary N) is 1. The number of esters is 1. The molecule has 2 atom stereocenters. The SMILES string of the molecule is COC(=O)c1ccc(C(O)C(O)C#N)cc1N. The maximum absolute atomic E-state index is 11.2. The molecule has 0 bridgehead atoms. The second-order valence-corrected chi connectivity index (χ2v) is 3.36. The van der Waals surface area contributed by atoms with Gasteiger partial charge in [0.2, 0.25) is 0 Å². The van der Waals surface area contributed by atoms with Gasteiger partial charge in [0.05, 0.1) is 18.7 Å². The Kier molecular flexibility index (Phi) is 4.04. The van der Waals surface area contributed by atoms with E-state index in [0.29, 0.717) is 0 Å². The van der Waals surface area contributed by atoms with Gasteiger partial charge in [0.15, 0.2) is 6.10 Å². The summed E-state index contributed by atoms with van der Waals surface area (Å²) in [5.74, 6) is -0.593. The molecule has 0 amide bonds. The standard InChI is InChI=1S/C11H12N2O4/c1-17-11(16)7-3-2-6(4-8(7)13)10(15)9(14)5-12/h2-4,9-10,14-15H,13H2,1H3. The molecule has 0 radical (unpaired) electrons. The second-order valence-electron chi connectivity index (χ2n) is 3.36. The Morgan fingerprint density at radius 2 is 2.18 bits per heavy atom. The molecule has 90 valence electrons. The molecule has 1 aromatic rings. The smallest absolute Gasteiger partial charge is 0.339 e. The fourth-order valence-electron chi connectivity index (χ4n) is 1.31. The van der Waals surface area contributed by atoms with Gasteiger partial charge in [0, 0.05) is 5.69 Å². The minimum absolute atomic E-state index is 0.110. The number of ether oxygens (including phenoxy) is 1. The van der Waals surface area contributed by atoms with E-state index in [1.807, 2.05) is 0 Å². The summed E-state index contributed by atoms with van der Waals surface area (Å²) in [5.41, 5.74) is 6.13. The van der Waals surface area contributed by atoms with Crippen LogP contribution in [0.2, 0.25) is 0 Å². The van der Waals surface area contributed by atoms with Crippen LogP contribution in [0.15, 0.2) is 18.2 Å². The number of aliphatic hydroxyl groups is 2. The maximum Gasteiger partial charge on any atom is 0.339 e. The molecule has 0 saturated carbocycles. The topological polar surface area (TPSA) is 117 Å². The number of methoxy groups -OCH3 is 1. The first kappa shape index (κ1) is 13.0. The number of anilines is 1. The largest absolute Gasteiger partial charge is 0.465 e. The van der Waals surface area contributed by atoms with Crippen molar-refractivity contribution in [2.45, 2.75) is 12.2 Å². The fourth-order valence-corrected chi connectivity index (χ4v) is 1.31. The van der Waals surface area contributed by atoms with Crippen LogP contribution in [0.5, 0.6) is 0 Å². The summed E-state index contributed by atoms with van der Waals surface area (Å²) >= 11 is 0. The fraction of sp³-hybridized carbons (Fsp3) is 0.273. The molecular weight excluding hydrogens is 224 g/mol. The first-order valence-electron chi connectivity index (χ1n) is 4.74. The van der Waals surface area contributed by atoms with Crippen LogP contribution in [0, 0.1) is 11.3 Å². The average Bonchev–Trinajstić information content (AvgIpc) is 2.35. The van der Waals surface area contributed by atoms with E-state index in [-0.39, 0.29) is 16.8 Å². The van der Waals surface area contributed by atoms with Crippen LogP contribution in [0.25, 0.3) is 0 Å². The third-order valence-corrected chi connectivity index (χ3v) is 2.25. The van der Waals surface area contributed by atoms with Gasteiger partial charge in [0.25, 0.3) is 0 Å². The number of carbonyl (C=O) groups excluding carboxylic acids is 1. The third-order valence-electron chi connectivity index (χ3n) is 2.25. The molecule has 0 aromatic heterocycles. The van der Waals surface area contributed by atoms with Crippen molar-refractivity contribution in [2.24, 2.45) is 0 Å². The van der Waals surface area contributed by atoms with E-state index in [1.54, 1.807) is 0 Å². The third kappa shape index (κ3) is 2.72. The number of hydrogen-bond acceptors (Lipinski definition) is 6. The number of carbonyl (C=O) groups is 1. The van der Waals surface area contributed by atoms with Gasteiger partial charge < -0.3 is 20.7 Å². The Morgan fingerprint density at radius 3 is 2.65 bits per heavy atom. The van der Waals surface area contributed by atoms with Gasteiger partial charge in [-0.1, -0.05) is 6.07 Å². The Hall–Kier alpha value is -2.10. The molecule has 17 heavy (non-hydrogen) atoms. The van der Waals surface area contributed by atoms with Crippen LogP contribution in [-0.2, 0) is 4.74 Å². The van der Waals surface area contributed by atoms with Gasteiger partial charge in [0.1, 0.15) is 6.10 Å². The van der Waals surface area contributed by atoms with Crippen molar-refractivity contribution in [3.8, 4) is 6.07 Å². The lowest BCUT2D eigenvalue weighted by atomic mass is 10.0. The Labute approximate surface area is 97.9 Å². The molecule has 0 aliphatic carbocycles. The lowest BCUT2D eigenvalue weighted by Crippen LogP contribution is -2.16. The Balaban J connectivity index is 3.05. The summed E-state index contributed by atoms with van der Waals surface area (Å²) < 4.78 is 4.50. The van der Waals surface area contributed by atoms with E-state index >= 15 is 0 Å². The van der Waals surface area contributed by atoms with E-state index in [0.717, 1.165) is 0 Å². The van der Waals surface area contributed by atoms with Crippen molar-refractivity contribution in [1.29, 1.82) is 5.26 Å². The molecular formula is C11H12N2O4. The molecule has 0 spiro atoms. The molecule has 0 aliphatic rings. The predicted octanol–water partition coefficient (Wildman–Crippen LogP) is -0.0267. The molecule has 2 unspecified atom stereocenters. The minimum atomic E-state index is -1.54. The van der Waals surface area contributed by atoms with Gasteiger partial charge in [-0.25, -0.2) is 4.79 Å². The zero-order valence-corrected chi connectivity index (χ0v) is 9.12. The zero-order chi connectivity index (χ0) is 13.0. The van der Waals surface area contributed by atoms with Gasteiger partial charge in [-0.15, -0.1) is 0 Å². The lowest BCUT2D eigenvalue weighted by molar-refractivity contribution is 0.0527. The van der Waals surface area contributed by atoms with Gasteiger partial charge >= 0.3 is 5.97 Å². The molecule has 0 heterocycles. The van der Waals surface area contributed by atoms with Crippen molar-refractivity contribution in [2.75, 3.05) is 12.8 Å². The van der Waals surface area contributed by atoms with Crippen molar-refractivity contribution < 1.29 is 19.7 Å². The second kappa shape index (κ2) is 5.30. The van der Waals surface area contributed by atoms with Crippen molar-refractivity contribution >= 4 is 11.7 Å². The number of nitrogen functional groups attached to an aromatic ring is 1. The monoisotopic (exact) mass is 236 g/mol. The van der Waals surface area contributed by atoms with Crippen LogP contribution in [-0.4, -0.2) is 29.4 Å². The Morgan fingerprint density at radius 1 is 1.53 bits per heavy atom. The van der Waals surface area contributed by atoms with Gasteiger partial charge in [-0.2, -0.15) is 5.26 Å². The molecule has 1 aromatic carbocycles. The summed E-state index contributed by atoms with van der Waals surface area (Å²) in [6, 6.07) is 5.58. The van der Waals surface area contributed by atoms with Crippen LogP contribution in [0.1, 0.15) is 22.0 Å². The first-order chi connectivity index (χ1) is 8.01. The summed E-state index contributed by atoms with van der Waals surface area (Å²) in [7, 11) is 1.23. The Bertz CT molecular complexity index is 467. The number of hydrogen-bond donors (Lipinski definition) is 3. The zero-order valence-electron chi connectivity index (χ0n) is 9.12. The highest BCUT2D eigenvalue weighted by Crippen LogP contribution is 2.22. The van der Waals surface area contributed by atoms with E-state index < -0.39 is 18.2 Å². The van der Waals surface area contributed by atoms with Crippen molar-refractivity contribution in [1.82, 2.24) is 0 Å². The lowest BCUT2D eigenvalue weighted by Gasteiger charge is -2.13. The molecule has 0 saturated heterocycles.